The van der Waals surface area contributed by atoms with Crippen LogP contribution in [0.2, 0.25) is 0 Å². The average molecular weight is 228 g/mol. The van der Waals surface area contributed by atoms with Crippen LogP contribution in [0.15, 0.2) is 24.5 Å². The lowest BCUT2D eigenvalue weighted by atomic mass is 10.3. The molecule has 4 heteroatoms. The Morgan fingerprint density at radius 2 is 1.75 bits per heavy atom. The topological polar surface area (TPSA) is 52.6 Å². The summed E-state index contributed by atoms with van der Waals surface area (Å²) in [6.07, 6.45) is 3.77. The fourth-order valence-electron chi connectivity index (χ4n) is 0.533. The standard InChI is InChI=1S/C7H12O2.C5H8O2/c1-6(2)4-5-9-7(3)8;1-3-4-7-5(2)6/h1,4-5H2,2-3H3;3-4H,1-2H3. The Balaban J connectivity index is 0. The van der Waals surface area contributed by atoms with Gasteiger partial charge in [-0.1, -0.05) is 11.6 Å². The van der Waals surface area contributed by atoms with Crippen molar-refractivity contribution in [2.24, 2.45) is 0 Å². The molecule has 0 saturated carbocycles. The molecule has 0 rings (SSSR count). The molecule has 0 aliphatic carbocycles. The van der Waals surface area contributed by atoms with Crippen molar-refractivity contribution in [3.05, 3.63) is 24.5 Å². The highest BCUT2D eigenvalue weighted by Gasteiger charge is 1.90. The van der Waals surface area contributed by atoms with Crippen molar-refractivity contribution >= 4 is 11.9 Å². The second kappa shape index (κ2) is 11.5. The van der Waals surface area contributed by atoms with Gasteiger partial charge in [-0.15, -0.1) is 6.58 Å². The lowest BCUT2D eigenvalue weighted by molar-refractivity contribution is -0.141. The molecule has 0 aliphatic rings. The summed E-state index contributed by atoms with van der Waals surface area (Å²) in [5, 5.41) is 0. The molecule has 0 saturated heterocycles. The maximum Gasteiger partial charge on any atom is 0.307 e. The van der Waals surface area contributed by atoms with Crippen LogP contribution >= 0.6 is 0 Å². The summed E-state index contributed by atoms with van der Waals surface area (Å²) < 4.78 is 9.02. The van der Waals surface area contributed by atoms with Gasteiger partial charge in [-0.3, -0.25) is 9.59 Å². The lowest BCUT2D eigenvalue weighted by Crippen LogP contribution is -1.99. The first-order chi connectivity index (χ1) is 7.40. The number of carbonyl (C=O) groups excluding carboxylic acids is 2. The van der Waals surface area contributed by atoms with Gasteiger partial charge < -0.3 is 9.47 Å². The lowest BCUT2D eigenvalue weighted by Gasteiger charge is -1.98. The highest BCUT2D eigenvalue weighted by atomic mass is 16.5. The number of hydrogen-bond acceptors (Lipinski definition) is 4. The van der Waals surface area contributed by atoms with Crippen molar-refractivity contribution in [1.29, 1.82) is 0 Å². The number of ether oxygens (including phenoxy) is 2. The molecular formula is C12H20O4. The highest BCUT2D eigenvalue weighted by Crippen LogP contribution is 1.94. The third-order valence-corrected chi connectivity index (χ3v) is 1.20. The molecular weight excluding hydrogens is 208 g/mol. The molecule has 0 heterocycles. The van der Waals surface area contributed by atoms with E-state index in [0.717, 1.165) is 12.0 Å². The predicted octanol–water partition coefficient (Wildman–Crippen LogP) is 2.60. The van der Waals surface area contributed by atoms with Crippen LogP contribution in [0, 0.1) is 0 Å². The number of rotatable bonds is 4. The maximum atomic E-state index is 10.2. The number of hydrogen-bond donors (Lipinski definition) is 0. The van der Waals surface area contributed by atoms with Crippen LogP contribution in [0.5, 0.6) is 0 Å². The second-order valence-corrected chi connectivity index (χ2v) is 3.13. The molecule has 4 nitrogen and oxygen atoms in total. The molecule has 92 valence electrons. The van der Waals surface area contributed by atoms with Gasteiger partial charge in [0, 0.05) is 20.3 Å². The van der Waals surface area contributed by atoms with Crippen molar-refractivity contribution in [2.75, 3.05) is 6.61 Å². The van der Waals surface area contributed by atoms with Gasteiger partial charge >= 0.3 is 11.9 Å². The van der Waals surface area contributed by atoms with Crippen molar-refractivity contribution in [3.8, 4) is 0 Å². The molecule has 0 atom stereocenters. The first-order valence-corrected chi connectivity index (χ1v) is 4.96. The molecule has 0 aromatic heterocycles. The number of esters is 2. The summed E-state index contributed by atoms with van der Waals surface area (Å²) in [6, 6.07) is 0. The molecule has 0 spiro atoms. The summed E-state index contributed by atoms with van der Waals surface area (Å²) in [7, 11) is 0. The van der Waals surface area contributed by atoms with Crippen molar-refractivity contribution in [1.82, 2.24) is 0 Å². The maximum absolute atomic E-state index is 10.2. The van der Waals surface area contributed by atoms with E-state index >= 15 is 0 Å². The van der Waals surface area contributed by atoms with Gasteiger partial charge in [-0.25, -0.2) is 0 Å². The largest absolute Gasteiger partial charge is 0.466 e. The molecule has 0 radical (unpaired) electrons. The van der Waals surface area contributed by atoms with E-state index in [1.165, 1.54) is 20.1 Å². The zero-order valence-electron chi connectivity index (χ0n) is 10.4. The minimum Gasteiger partial charge on any atom is -0.466 e. The van der Waals surface area contributed by atoms with E-state index in [1.54, 1.807) is 13.0 Å². The Bertz CT molecular complexity index is 240. The van der Waals surface area contributed by atoms with Gasteiger partial charge in [0.1, 0.15) is 0 Å². The van der Waals surface area contributed by atoms with Crippen LogP contribution in [-0.4, -0.2) is 18.5 Å². The predicted molar refractivity (Wildman–Crippen MR) is 62.6 cm³/mol. The molecule has 0 aliphatic heterocycles. The minimum absolute atomic E-state index is 0.226. The van der Waals surface area contributed by atoms with E-state index in [9.17, 15) is 9.59 Å². The molecule has 0 N–H and O–H groups in total. The van der Waals surface area contributed by atoms with Gasteiger partial charge in [-0.2, -0.15) is 0 Å². The summed E-state index contributed by atoms with van der Waals surface area (Å²) >= 11 is 0. The Morgan fingerprint density at radius 1 is 1.19 bits per heavy atom. The molecule has 0 fully saturated rings. The van der Waals surface area contributed by atoms with Crippen molar-refractivity contribution in [3.63, 3.8) is 0 Å². The van der Waals surface area contributed by atoms with E-state index in [4.69, 9.17) is 0 Å². The second-order valence-electron chi connectivity index (χ2n) is 3.13. The van der Waals surface area contributed by atoms with Crippen LogP contribution in [0.25, 0.3) is 0 Å². The van der Waals surface area contributed by atoms with Crippen molar-refractivity contribution < 1.29 is 19.1 Å². The smallest absolute Gasteiger partial charge is 0.307 e. The zero-order valence-corrected chi connectivity index (χ0v) is 10.4. The molecule has 16 heavy (non-hydrogen) atoms. The molecule has 0 aromatic rings. The monoisotopic (exact) mass is 228 g/mol. The Labute approximate surface area is 96.9 Å². The van der Waals surface area contributed by atoms with Crippen LogP contribution in [0.3, 0.4) is 0 Å². The quantitative estimate of drug-likeness (QED) is 0.421. The summed E-state index contributed by atoms with van der Waals surface area (Å²) in [4.78, 5) is 20.1. The summed E-state index contributed by atoms with van der Waals surface area (Å²) in [5.41, 5.74) is 1.04. The summed E-state index contributed by atoms with van der Waals surface area (Å²) in [6.45, 7) is 10.6. The van der Waals surface area contributed by atoms with Crippen molar-refractivity contribution in [2.45, 2.75) is 34.1 Å². The minimum atomic E-state index is -0.280. The summed E-state index contributed by atoms with van der Waals surface area (Å²) in [5.74, 6) is -0.505. The Hall–Kier alpha value is -1.58. The SMILES string of the molecule is C=C(C)CCOC(C)=O.CC=COC(C)=O. The van der Waals surface area contributed by atoms with Gasteiger partial charge in [-0.05, 0) is 13.8 Å². The molecule has 0 unspecified atom stereocenters. The highest BCUT2D eigenvalue weighted by molar-refractivity contribution is 5.66. The number of allylic oxidation sites excluding steroid dienone is 1. The van der Waals surface area contributed by atoms with Crippen LogP contribution in [0.4, 0.5) is 0 Å². The average Bonchev–Trinajstić information content (AvgIpc) is 2.14. The van der Waals surface area contributed by atoms with E-state index in [-0.39, 0.29) is 11.9 Å². The fourth-order valence-corrected chi connectivity index (χ4v) is 0.533. The third-order valence-electron chi connectivity index (χ3n) is 1.20. The first-order valence-electron chi connectivity index (χ1n) is 4.96. The Morgan fingerprint density at radius 3 is 2.00 bits per heavy atom. The van der Waals surface area contributed by atoms with Gasteiger partial charge in [0.05, 0.1) is 12.9 Å². The van der Waals surface area contributed by atoms with Crippen LogP contribution < -0.4 is 0 Å². The van der Waals surface area contributed by atoms with Crippen LogP contribution in [-0.2, 0) is 19.1 Å². The van der Waals surface area contributed by atoms with E-state index in [2.05, 4.69) is 16.1 Å². The molecule has 0 bridgehead atoms. The molecule has 0 aromatic carbocycles. The Kier molecular flexibility index (Phi) is 12.1. The first kappa shape index (κ1) is 16.8. The van der Waals surface area contributed by atoms with Crippen LogP contribution in [0.1, 0.15) is 34.1 Å². The van der Waals surface area contributed by atoms with E-state index in [0.29, 0.717) is 6.61 Å². The zero-order chi connectivity index (χ0) is 13.0. The van der Waals surface area contributed by atoms with E-state index in [1.807, 2.05) is 6.92 Å². The fraction of sp³-hybridized carbons (Fsp3) is 0.500. The van der Waals surface area contributed by atoms with Gasteiger partial charge in [0.25, 0.3) is 0 Å². The third kappa shape index (κ3) is 22.8. The van der Waals surface area contributed by atoms with Gasteiger partial charge in [0.2, 0.25) is 0 Å². The molecule has 0 amide bonds. The van der Waals surface area contributed by atoms with E-state index < -0.39 is 0 Å². The van der Waals surface area contributed by atoms with Gasteiger partial charge in [0.15, 0.2) is 0 Å². The number of carbonyl (C=O) groups is 2. The normalized spacial score (nSPS) is 9.00.